The molecule has 0 aliphatic carbocycles. The van der Waals surface area contributed by atoms with Crippen molar-refractivity contribution in [2.75, 3.05) is 20.2 Å². The molecule has 1 aromatic carbocycles. The minimum absolute atomic E-state index is 0.0761. The molecule has 0 radical (unpaired) electrons. The lowest BCUT2D eigenvalue weighted by Gasteiger charge is -2.30. The Bertz CT molecular complexity index is 874. The Morgan fingerprint density at radius 1 is 1.31 bits per heavy atom. The van der Waals surface area contributed by atoms with Crippen LogP contribution in [0.4, 0.5) is 0 Å². The standard InChI is InChI=1S/C19H19N3O3S/c1-24-15-8-6-13(7-9-15)17-20-18(25-21-17)14-4-2-10-22(12-14)19(23)16-5-3-11-26-16/h3,5-9,11,14H,2,4,10,12H2,1H3/t14-/m1/s1. The first kappa shape index (κ1) is 16.8. The fourth-order valence-electron chi connectivity index (χ4n) is 3.18. The Hall–Kier alpha value is -2.67. The van der Waals surface area contributed by atoms with Gasteiger partial charge in [0.1, 0.15) is 5.75 Å². The number of carbonyl (C=O) groups is 1. The highest BCUT2D eigenvalue weighted by molar-refractivity contribution is 7.12. The van der Waals surface area contributed by atoms with E-state index in [9.17, 15) is 4.79 Å². The quantitative estimate of drug-likeness (QED) is 0.699. The molecule has 1 saturated heterocycles. The minimum Gasteiger partial charge on any atom is -0.497 e. The van der Waals surface area contributed by atoms with Gasteiger partial charge >= 0.3 is 0 Å². The van der Waals surface area contributed by atoms with Gasteiger partial charge in [0.05, 0.1) is 17.9 Å². The van der Waals surface area contributed by atoms with Gasteiger partial charge in [-0.1, -0.05) is 11.2 Å². The molecule has 1 atom stereocenters. The summed E-state index contributed by atoms with van der Waals surface area (Å²) in [4.78, 5) is 19.8. The molecule has 2 aromatic heterocycles. The van der Waals surface area contributed by atoms with Crippen LogP contribution < -0.4 is 4.74 Å². The van der Waals surface area contributed by atoms with Crippen LogP contribution in [0.25, 0.3) is 11.4 Å². The Morgan fingerprint density at radius 2 is 2.15 bits per heavy atom. The average Bonchev–Trinajstić information content (AvgIpc) is 3.40. The van der Waals surface area contributed by atoms with Gasteiger partial charge in [-0.2, -0.15) is 4.98 Å². The van der Waals surface area contributed by atoms with Crippen molar-refractivity contribution >= 4 is 17.2 Å². The normalized spacial score (nSPS) is 17.3. The second kappa shape index (κ2) is 7.29. The molecule has 1 fully saturated rings. The third-order valence-corrected chi connectivity index (χ3v) is 5.44. The molecule has 134 valence electrons. The molecule has 0 saturated carbocycles. The number of likely N-dealkylation sites (tertiary alicyclic amines) is 1. The van der Waals surface area contributed by atoms with Gasteiger partial charge in [-0.15, -0.1) is 11.3 Å². The number of thiophene rings is 1. The molecule has 0 spiro atoms. The summed E-state index contributed by atoms with van der Waals surface area (Å²) >= 11 is 1.47. The first-order valence-corrected chi connectivity index (χ1v) is 9.43. The van der Waals surface area contributed by atoms with Gasteiger partial charge in [-0.25, -0.2) is 0 Å². The highest BCUT2D eigenvalue weighted by atomic mass is 32.1. The van der Waals surface area contributed by atoms with Crippen molar-refractivity contribution in [2.24, 2.45) is 0 Å². The molecule has 4 rings (SSSR count). The van der Waals surface area contributed by atoms with Gasteiger partial charge in [-0.3, -0.25) is 4.79 Å². The summed E-state index contributed by atoms with van der Waals surface area (Å²) in [5, 5.41) is 6.03. The van der Waals surface area contributed by atoms with E-state index in [4.69, 9.17) is 9.26 Å². The van der Waals surface area contributed by atoms with Gasteiger partial charge in [0.2, 0.25) is 11.7 Å². The van der Waals surface area contributed by atoms with E-state index >= 15 is 0 Å². The van der Waals surface area contributed by atoms with Crippen molar-refractivity contribution in [3.63, 3.8) is 0 Å². The molecular formula is C19H19N3O3S. The van der Waals surface area contributed by atoms with Crippen LogP contribution in [0.15, 0.2) is 46.3 Å². The Morgan fingerprint density at radius 3 is 2.88 bits per heavy atom. The monoisotopic (exact) mass is 369 g/mol. The fraction of sp³-hybridized carbons (Fsp3) is 0.316. The van der Waals surface area contributed by atoms with Crippen LogP contribution in [0.1, 0.15) is 34.3 Å². The highest BCUT2D eigenvalue weighted by Crippen LogP contribution is 2.29. The molecule has 1 aliphatic rings. The molecular weight excluding hydrogens is 350 g/mol. The number of ether oxygens (including phenoxy) is 1. The van der Waals surface area contributed by atoms with Crippen molar-refractivity contribution < 1.29 is 14.1 Å². The van der Waals surface area contributed by atoms with Crippen molar-refractivity contribution in [3.8, 4) is 17.1 Å². The van der Waals surface area contributed by atoms with Crippen LogP contribution in [0.3, 0.4) is 0 Å². The smallest absolute Gasteiger partial charge is 0.263 e. The maximum atomic E-state index is 12.6. The van der Waals surface area contributed by atoms with Crippen LogP contribution in [0, 0.1) is 0 Å². The minimum atomic E-state index is 0.0761. The van der Waals surface area contributed by atoms with Gasteiger partial charge < -0.3 is 14.2 Å². The first-order valence-electron chi connectivity index (χ1n) is 8.55. The summed E-state index contributed by atoms with van der Waals surface area (Å²) in [6, 6.07) is 11.3. The van der Waals surface area contributed by atoms with Gasteiger partial charge in [0, 0.05) is 18.7 Å². The van der Waals surface area contributed by atoms with Crippen LogP contribution in [0.5, 0.6) is 5.75 Å². The zero-order valence-corrected chi connectivity index (χ0v) is 15.2. The lowest BCUT2D eigenvalue weighted by Crippen LogP contribution is -2.38. The number of benzene rings is 1. The number of amides is 1. The second-order valence-electron chi connectivity index (χ2n) is 6.25. The second-order valence-corrected chi connectivity index (χ2v) is 7.20. The summed E-state index contributed by atoms with van der Waals surface area (Å²) in [6.07, 6.45) is 1.88. The predicted molar refractivity (Wildman–Crippen MR) is 98.5 cm³/mol. The van der Waals surface area contributed by atoms with Crippen LogP contribution in [-0.2, 0) is 0 Å². The summed E-state index contributed by atoms with van der Waals surface area (Å²) in [6.45, 7) is 1.38. The summed E-state index contributed by atoms with van der Waals surface area (Å²) in [5.74, 6) is 2.10. The summed E-state index contributed by atoms with van der Waals surface area (Å²) in [7, 11) is 1.63. The SMILES string of the molecule is COc1ccc(-c2noc([C@@H]3CCCN(C(=O)c4cccs4)C3)n2)cc1. The number of carbonyl (C=O) groups excluding carboxylic acids is 1. The third-order valence-electron chi connectivity index (χ3n) is 4.58. The van der Waals surface area contributed by atoms with Crippen molar-refractivity contribution in [1.82, 2.24) is 15.0 Å². The molecule has 0 bridgehead atoms. The molecule has 1 aliphatic heterocycles. The Labute approximate surface area is 155 Å². The zero-order chi connectivity index (χ0) is 17.9. The van der Waals surface area contributed by atoms with Crippen LogP contribution >= 0.6 is 11.3 Å². The summed E-state index contributed by atoms with van der Waals surface area (Å²) in [5.41, 5.74) is 0.878. The summed E-state index contributed by atoms with van der Waals surface area (Å²) < 4.78 is 10.7. The Balaban J connectivity index is 1.49. The van der Waals surface area contributed by atoms with E-state index in [0.717, 1.165) is 35.6 Å². The lowest BCUT2D eigenvalue weighted by atomic mass is 9.98. The molecule has 7 heteroatoms. The van der Waals surface area contributed by atoms with E-state index in [-0.39, 0.29) is 11.8 Å². The van der Waals surface area contributed by atoms with Crippen LogP contribution in [-0.4, -0.2) is 41.1 Å². The highest BCUT2D eigenvalue weighted by Gasteiger charge is 2.29. The van der Waals surface area contributed by atoms with Gasteiger partial charge in [0.15, 0.2) is 0 Å². The number of piperidine rings is 1. The largest absolute Gasteiger partial charge is 0.497 e. The molecule has 0 unspecified atom stereocenters. The van der Waals surface area contributed by atoms with Crippen molar-refractivity contribution in [1.29, 1.82) is 0 Å². The van der Waals surface area contributed by atoms with E-state index in [1.165, 1.54) is 11.3 Å². The van der Waals surface area contributed by atoms with Crippen LogP contribution in [0.2, 0.25) is 0 Å². The molecule has 3 heterocycles. The fourth-order valence-corrected chi connectivity index (χ4v) is 3.87. The first-order chi connectivity index (χ1) is 12.7. The lowest BCUT2D eigenvalue weighted by molar-refractivity contribution is 0.0700. The number of hydrogen-bond donors (Lipinski definition) is 0. The maximum absolute atomic E-state index is 12.6. The molecule has 1 amide bonds. The van der Waals surface area contributed by atoms with E-state index in [1.807, 2.05) is 46.7 Å². The number of aromatic nitrogens is 2. The number of hydrogen-bond acceptors (Lipinski definition) is 6. The van der Waals surface area contributed by atoms with Crippen molar-refractivity contribution in [2.45, 2.75) is 18.8 Å². The predicted octanol–water partition coefficient (Wildman–Crippen LogP) is 3.83. The van der Waals surface area contributed by atoms with Gasteiger partial charge in [0.25, 0.3) is 5.91 Å². The topological polar surface area (TPSA) is 68.5 Å². The molecule has 26 heavy (non-hydrogen) atoms. The van der Waals surface area contributed by atoms with E-state index < -0.39 is 0 Å². The average molecular weight is 369 g/mol. The molecule has 3 aromatic rings. The van der Waals surface area contributed by atoms with E-state index in [0.29, 0.717) is 18.3 Å². The van der Waals surface area contributed by atoms with Crippen molar-refractivity contribution in [3.05, 3.63) is 52.5 Å². The molecule has 6 nitrogen and oxygen atoms in total. The molecule has 0 N–H and O–H groups in total. The number of methoxy groups -OCH3 is 1. The van der Waals surface area contributed by atoms with E-state index in [1.54, 1.807) is 7.11 Å². The number of nitrogens with zero attached hydrogens (tertiary/aromatic N) is 3. The maximum Gasteiger partial charge on any atom is 0.263 e. The zero-order valence-electron chi connectivity index (χ0n) is 14.4. The van der Waals surface area contributed by atoms with Gasteiger partial charge in [-0.05, 0) is 48.6 Å². The van der Waals surface area contributed by atoms with E-state index in [2.05, 4.69) is 10.1 Å². The number of rotatable bonds is 4. The third kappa shape index (κ3) is 3.35. The Kier molecular flexibility index (Phi) is 4.71.